The van der Waals surface area contributed by atoms with Crippen LogP contribution in [-0.4, -0.2) is 26.8 Å². The van der Waals surface area contributed by atoms with E-state index in [0.29, 0.717) is 23.8 Å². The molecule has 34 heavy (non-hydrogen) atoms. The first kappa shape index (κ1) is 23.9. The minimum Gasteiger partial charge on any atom is -0.460 e. The summed E-state index contributed by atoms with van der Waals surface area (Å²) in [5, 5.41) is 8.78. The monoisotopic (exact) mass is 489 g/mol. The highest BCUT2D eigenvalue weighted by Crippen LogP contribution is 2.33. The Kier molecular flexibility index (Phi) is 6.44. The molecule has 0 N–H and O–H groups in total. The highest BCUT2D eigenvalue weighted by Gasteiger charge is 2.30. The van der Waals surface area contributed by atoms with Gasteiger partial charge in [-0.2, -0.15) is 13.2 Å². The average Bonchev–Trinajstić information content (AvgIpc) is 3.36. The van der Waals surface area contributed by atoms with E-state index in [4.69, 9.17) is 9.15 Å². The predicted molar refractivity (Wildman–Crippen MR) is 121 cm³/mol. The van der Waals surface area contributed by atoms with Crippen LogP contribution < -0.4 is 0 Å². The first-order valence-corrected chi connectivity index (χ1v) is 11.4. The van der Waals surface area contributed by atoms with E-state index in [-0.39, 0.29) is 18.8 Å². The predicted octanol–water partition coefficient (Wildman–Crippen LogP) is 6.23. The molecule has 0 bridgehead atoms. The molecule has 0 spiro atoms. The zero-order valence-electron chi connectivity index (χ0n) is 18.8. The van der Waals surface area contributed by atoms with E-state index in [1.807, 2.05) is 18.2 Å². The molecule has 0 aliphatic rings. The Morgan fingerprint density at radius 2 is 1.68 bits per heavy atom. The van der Waals surface area contributed by atoms with E-state index in [0.717, 1.165) is 32.9 Å². The zero-order chi connectivity index (χ0) is 24.5. The largest absolute Gasteiger partial charge is 0.460 e. The number of ether oxygens (including phenoxy) is 1. The third-order valence-corrected chi connectivity index (χ3v) is 5.77. The van der Waals surface area contributed by atoms with Gasteiger partial charge >= 0.3 is 12.1 Å². The molecule has 2 aromatic heterocycles. The van der Waals surface area contributed by atoms with Gasteiger partial charge in [0.1, 0.15) is 10.6 Å². The molecular formula is C24H22F3N3O3S. The summed E-state index contributed by atoms with van der Waals surface area (Å²) in [7, 11) is 0. The molecule has 2 heterocycles. The van der Waals surface area contributed by atoms with Gasteiger partial charge in [-0.15, -0.1) is 21.5 Å². The SMILES string of the molecule is CC(C)(C)OC(=O)CCc1nnc(Cc2nc3ccc(-c4ccc(C(F)(F)F)cc4)cc3s2)o1. The number of rotatable bonds is 6. The lowest BCUT2D eigenvalue weighted by Crippen LogP contribution is -2.24. The maximum Gasteiger partial charge on any atom is 0.416 e. The van der Waals surface area contributed by atoms with Gasteiger partial charge in [0.15, 0.2) is 0 Å². The van der Waals surface area contributed by atoms with Gasteiger partial charge in [-0.1, -0.05) is 18.2 Å². The number of esters is 1. The number of thiazole rings is 1. The molecule has 0 unspecified atom stereocenters. The topological polar surface area (TPSA) is 78.1 Å². The van der Waals surface area contributed by atoms with Crippen LogP contribution in [0.2, 0.25) is 0 Å². The molecule has 0 saturated heterocycles. The number of fused-ring (bicyclic) bond motifs is 1. The Bertz CT molecular complexity index is 1300. The van der Waals surface area contributed by atoms with Gasteiger partial charge < -0.3 is 9.15 Å². The van der Waals surface area contributed by atoms with E-state index in [9.17, 15) is 18.0 Å². The van der Waals surface area contributed by atoms with Crippen molar-refractivity contribution in [1.82, 2.24) is 15.2 Å². The molecule has 0 saturated carbocycles. The zero-order valence-corrected chi connectivity index (χ0v) is 19.6. The third kappa shape index (κ3) is 5.99. The highest BCUT2D eigenvalue weighted by molar-refractivity contribution is 7.18. The fourth-order valence-electron chi connectivity index (χ4n) is 3.27. The summed E-state index contributed by atoms with van der Waals surface area (Å²) in [5.74, 6) is 0.412. The molecule has 2 aromatic carbocycles. The number of carbonyl (C=O) groups excluding carboxylic acids is 1. The number of carbonyl (C=O) groups is 1. The normalized spacial score (nSPS) is 12.3. The van der Waals surface area contributed by atoms with E-state index in [1.165, 1.54) is 23.5 Å². The van der Waals surface area contributed by atoms with Crippen LogP contribution in [-0.2, 0) is 28.5 Å². The van der Waals surface area contributed by atoms with E-state index in [1.54, 1.807) is 20.8 Å². The molecule has 4 rings (SSSR count). The van der Waals surface area contributed by atoms with Gasteiger partial charge in [-0.3, -0.25) is 4.79 Å². The Morgan fingerprint density at radius 3 is 2.35 bits per heavy atom. The summed E-state index contributed by atoms with van der Waals surface area (Å²) in [6, 6.07) is 10.6. The second-order valence-electron chi connectivity index (χ2n) is 8.72. The van der Waals surface area contributed by atoms with Crippen LogP contribution in [0.15, 0.2) is 46.9 Å². The van der Waals surface area contributed by atoms with E-state index in [2.05, 4.69) is 15.2 Å². The molecule has 178 valence electrons. The smallest absolute Gasteiger partial charge is 0.416 e. The first-order valence-electron chi connectivity index (χ1n) is 10.6. The maximum atomic E-state index is 12.8. The fraction of sp³-hybridized carbons (Fsp3) is 0.333. The number of aryl methyl sites for hydroxylation is 1. The van der Waals surface area contributed by atoms with Crippen LogP contribution >= 0.6 is 11.3 Å². The second-order valence-corrected chi connectivity index (χ2v) is 9.83. The number of halogens is 3. The summed E-state index contributed by atoms with van der Waals surface area (Å²) in [5.41, 5.74) is 1.05. The first-order chi connectivity index (χ1) is 16.0. The third-order valence-electron chi connectivity index (χ3n) is 4.75. The summed E-state index contributed by atoms with van der Waals surface area (Å²) >= 11 is 1.45. The van der Waals surface area contributed by atoms with Gasteiger partial charge in [0.2, 0.25) is 11.8 Å². The Morgan fingerprint density at radius 1 is 1.00 bits per heavy atom. The summed E-state index contributed by atoms with van der Waals surface area (Å²) < 4.78 is 50.2. The standard InChI is InChI=1S/C24H22F3N3O3S/c1-23(2,3)33-22(31)11-10-19-29-30-20(32-19)13-21-28-17-9-6-15(12-18(17)34-21)14-4-7-16(8-5-14)24(25,26)27/h4-9,12H,10-11,13H2,1-3H3. The summed E-state index contributed by atoms with van der Waals surface area (Å²) in [4.78, 5) is 16.4. The number of hydrogen-bond acceptors (Lipinski definition) is 7. The number of alkyl halides is 3. The van der Waals surface area contributed by atoms with Crippen LogP contribution in [0.5, 0.6) is 0 Å². The van der Waals surface area contributed by atoms with Crippen LogP contribution in [0.25, 0.3) is 21.3 Å². The maximum absolute atomic E-state index is 12.8. The van der Waals surface area contributed by atoms with Crippen molar-refractivity contribution in [2.75, 3.05) is 0 Å². The lowest BCUT2D eigenvalue weighted by Gasteiger charge is -2.19. The average molecular weight is 490 g/mol. The minimum atomic E-state index is -4.36. The molecule has 0 radical (unpaired) electrons. The van der Waals surface area contributed by atoms with Crippen molar-refractivity contribution < 1.29 is 27.1 Å². The van der Waals surface area contributed by atoms with Crippen molar-refractivity contribution in [3.8, 4) is 11.1 Å². The van der Waals surface area contributed by atoms with Crippen LogP contribution in [0.4, 0.5) is 13.2 Å². The van der Waals surface area contributed by atoms with Gasteiger partial charge in [0, 0.05) is 6.42 Å². The molecule has 0 fully saturated rings. The number of hydrogen-bond donors (Lipinski definition) is 0. The molecule has 0 aliphatic carbocycles. The van der Waals surface area contributed by atoms with Crippen molar-refractivity contribution in [3.05, 3.63) is 64.8 Å². The lowest BCUT2D eigenvalue weighted by atomic mass is 10.0. The summed E-state index contributed by atoms with van der Waals surface area (Å²) in [6.45, 7) is 5.42. The van der Waals surface area contributed by atoms with Gasteiger partial charge in [-0.25, -0.2) is 4.98 Å². The molecule has 0 amide bonds. The van der Waals surface area contributed by atoms with Crippen LogP contribution in [0, 0.1) is 0 Å². The molecule has 10 heteroatoms. The van der Waals surface area contributed by atoms with Crippen molar-refractivity contribution in [2.24, 2.45) is 0 Å². The van der Waals surface area contributed by atoms with Crippen LogP contribution in [0.1, 0.15) is 49.5 Å². The Hall–Kier alpha value is -3.27. The van der Waals surface area contributed by atoms with Gasteiger partial charge in [-0.05, 0) is 56.2 Å². The van der Waals surface area contributed by atoms with Crippen molar-refractivity contribution in [3.63, 3.8) is 0 Å². The van der Waals surface area contributed by atoms with Crippen molar-refractivity contribution >= 4 is 27.5 Å². The molecule has 6 nitrogen and oxygen atoms in total. The minimum absolute atomic E-state index is 0.146. The Labute approximate surface area is 197 Å². The van der Waals surface area contributed by atoms with E-state index >= 15 is 0 Å². The highest BCUT2D eigenvalue weighted by atomic mass is 32.1. The quantitative estimate of drug-likeness (QED) is 0.299. The molecular weight excluding hydrogens is 467 g/mol. The van der Waals surface area contributed by atoms with Crippen molar-refractivity contribution in [1.29, 1.82) is 0 Å². The van der Waals surface area contributed by atoms with Gasteiger partial charge in [0.25, 0.3) is 0 Å². The number of nitrogens with zero attached hydrogens (tertiary/aromatic N) is 3. The molecule has 0 atom stereocenters. The Balaban J connectivity index is 1.42. The molecule has 0 aliphatic heterocycles. The van der Waals surface area contributed by atoms with Crippen molar-refractivity contribution in [2.45, 2.75) is 51.8 Å². The fourth-order valence-corrected chi connectivity index (χ4v) is 4.27. The lowest BCUT2D eigenvalue weighted by molar-refractivity contribution is -0.154. The van der Waals surface area contributed by atoms with Gasteiger partial charge in [0.05, 0.1) is 28.6 Å². The van der Waals surface area contributed by atoms with E-state index < -0.39 is 17.3 Å². The second kappa shape index (κ2) is 9.17. The number of aromatic nitrogens is 3. The molecule has 4 aromatic rings. The van der Waals surface area contributed by atoms with Crippen LogP contribution in [0.3, 0.4) is 0 Å². The summed E-state index contributed by atoms with van der Waals surface area (Å²) in [6.07, 6.45) is -3.58. The number of benzene rings is 2.